The number of carbonyl (C=O) groups is 1. The molecule has 170 valence electrons. The van der Waals surface area contributed by atoms with Gasteiger partial charge in [-0.3, -0.25) is 4.79 Å². The first-order chi connectivity index (χ1) is 14.4. The van der Waals surface area contributed by atoms with E-state index in [0.717, 1.165) is 12.1 Å². The van der Waals surface area contributed by atoms with Crippen LogP contribution in [0.5, 0.6) is 0 Å². The maximum Gasteiger partial charge on any atom is 0.416 e. The summed E-state index contributed by atoms with van der Waals surface area (Å²) in [5.41, 5.74) is -4.06. The number of ether oxygens (including phenoxy) is 1. The van der Waals surface area contributed by atoms with E-state index in [1.165, 1.54) is 12.1 Å². The van der Waals surface area contributed by atoms with E-state index in [-0.39, 0.29) is 24.8 Å². The van der Waals surface area contributed by atoms with E-state index >= 15 is 0 Å². The van der Waals surface area contributed by atoms with Gasteiger partial charge in [0.25, 0.3) is 0 Å². The molecule has 0 saturated heterocycles. The molecule has 1 unspecified atom stereocenters. The number of carbonyl (C=O) groups excluding carboxylic acids is 1. The van der Waals surface area contributed by atoms with Crippen LogP contribution in [0.2, 0.25) is 0 Å². The summed E-state index contributed by atoms with van der Waals surface area (Å²) in [5, 5.41) is 5.36. The van der Waals surface area contributed by atoms with Crippen LogP contribution in [0, 0.1) is 5.82 Å². The average Bonchev–Trinajstić information content (AvgIpc) is 2.67. The van der Waals surface area contributed by atoms with Crippen molar-refractivity contribution in [3.63, 3.8) is 0 Å². The van der Waals surface area contributed by atoms with Crippen LogP contribution in [0.1, 0.15) is 22.3 Å². The molecule has 0 bridgehead atoms. The first kappa shape index (κ1) is 24.6. The molecule has 0 aliphatic carbocycles. The second kappa shape index (κ2) is 9.65. The third-order valence-electron chi connectivity index (χ3n) is 4.48. The Labute approximate surface area is 173 Å². The van der Waals surface area contributed by atoms with Crippen LogP contribution in [0.3, 0.4) is 0 Å². The zero-order valence-corrected chi connectivity index (χ0v) is 16.2. The van der Waals surface area contributed by atoms with E-state index in [1.54, 1.807) is 7.05 Å². The highest BCUT2D eigenvalue weighted by Gasteiger charge is 2.37. The highest BCUT2D eigenvalue weighted by atomic mass is 19.4. The minimum Gasteiger partial charge on any atom is -0.374 e. The molecular weight excluding hydrogens is 433 g/mol. The van der Waals surface area contributed by atoms with Crippen molar-refractivity contribution in [2.75, 3.05) is 20.2 Å². The van der Waals surface area contributed by atoms with Crippen molar-refractivity contribution in [3.8, 4) is 0 Å². The Bertz CT molecular complexity index is 850. The van der Waals surface area contributed by atoms with E-state index in [2.05, 4.69) is 10.6 Å². The summed E-state index contributed by atoms with van der Waals surface area (Å²) in [6, 6.07) is 6.24. The normalized spacial score (nSPS) is 14.2. The van der Waals surface area contributed by atoms with Crippen molar-refractivity contribution < 1.29 is 40.3 Å². The van der Waals surface area contributed by atoms with Gasteiger partial charge in [0.1, 0.15) is 11.4 Å². The molecule has 0 spiro atoms. The van der Waals surface area contributed by atoms with Crippen LogP contribution in [0.15, 0.2) is 42.5 Å². The number of amides is 1. The van der Waals surface area contributed by atoms with E-state index in [1.807, 2.05) is 0 Å². The lowest BCUT2D eigenvalue weighted by Crippen LogP contribution is -2.52. The van der Waals surface area contributed by atoms with Crippen molar-refractivity contribution in [1.82, 2.24) is 10.6 Å². The molecule has 0 heterocycles. The van der Waals surface area contributed by atoms with Gasteiger partial charge >= 0.3 is 12.4 Å². The number of hydrogen-bond acceptors (Lipinski definition) is 3. The molecule has 2 aromatic rings. The lowest BCUT2D eigenvalue weighted by Gasteiger charge is -2.33. The third kappa shape index (κ3) is 6.41. The van der Waals surface area contributed by atoms with Gasteiger partial charge in [0.2, 0.25) is 6.41 Å². The largest absolute Gasteiger partial charge is 0.416 e. The van der Waals surface area contributed by atoms with Crippen LogP contribution in [0.25, 0.3) is 0 Å². The molecule has 1 atom stereocenters. The molecule has 2 rings (SSSR count). The van der Waals surface area contributed by atoms with Gasteiger partial charge in [0.05, 0.1) is 24.3 Å². The van der Waals surface area contributed by atoms with Gasteiger partial charge in [-0.25, -0.2) is 4.39 Å². The van der Waals surface area contributed by atoms with Gasteiger partial charge in [-0.05, 0) is 48.5 Å². The van der Waals surface area contributed by atoms with Gasteiger partial charge in [-0.15, -0.1) is 0 Å². The second-order valence-corrected chi connectivity index (χ2v) is 6.79. The summed E-state index contributed by atoms with van der Waals surface area (Å²) in [6.07, 6.45) is -9.58. The summed E-state index contributed by atoms with van der Waals surface area (Å²) in [5.74, 6) is -0.530. The Morgan fingerprint density at radius 2 is 1.45 bits per heavy atom. The first-order valence-corrected chi connectivity index (χ1v) is 8.89. The first-order valence-electron chi connectivity index (χ1n) is 8.89. The molecule has 0 radical (unpaired) electrons. The summed E-state index contributed by atoms with van der Waals surface area (Å²) in [4.78, 5) is 11.2. The van der Waals surface area contributed by atoms with E-state index < -0.39 is 41.4 Å². The van der Waals surface area contributed by atoms with Gasteiger partial charge in [-0.1, -0.05) is 12.1 Å². The van der Waals surface area contributed by atoms with Gasteiger partial charge in [0, 0.05) is 6.54 Å². The average molecular weight is 452 g/mol. The quantitative estimate of drug-likeness (QED) is 0.442. The fraction of sp³-hybridized carbons (Fsp3) is 0.350. The van der Waals surface area contributed by atoms with E-state index in [0.29, 0.717) is 24.1 Å². The monoisotopic (exact) mass is 452 g/mol. The zero-order valence-electron chi connectivity index (χ0n) is 16.2. The van der Waals surface area contributed by atoms with E-state index in [4.69, 9.17) is 4.74 Å². The molecule has 2 aromatic carbocycles. The van der Waals surface area contributed by atoms with Crippen molar-refractivity contribution in [3.05, 3.63) is 70.5 Å². The maximum atomic E-state index is 13.3. The van der Waals surface area contributed by atoms with Crippen molar-refractivity contribution in [2.45, 2.75) is 24.5 Å². The molecule has 0 aromatic heterocycles. The summed E-state index contributed by atoms with van der Waals surface area (Å²) in [6.45, 7) is -0.802. The van der Waals surface area contributed by atoms with Crippen LogP contribution in [0.4, 0.5) is 30.7 Å². The molecule has 31 heavy (non-hydrogen) atoms. The SMILES string of the molecule is CNCC(COCc1cc(C(F)(F)F)cc(C(F)(F)F)c1)(NC=O)c1ccc(F)cc1. The predicted molar refractivity (Wildman–Crippen MR) is 97.3 cm³/mol. The highest BCUT2D eigenvalue weighted by Crippen LogP contribution is 2.36. The smallest absolute Gasteiger partial charge is 0.374 e. The lowest BCUT2D eigenvalue weighted by atomic mass is 9.90. The Morgan fingerprint density at radius 3 is 1.90 bits per heavy atom. The van der Waals surface area contributed by atoms with Gasteiger partial charge < -0.3 is 15.4 Å². The summed E-state index contributed by atoms with van der Waals surface area (Å²) >= 11 is 0. The zero-order chi connectivity index (χ0) is 23.3. The van der Waals surface area contributed by atoms with Crippen LogP contribution in [-0.2, 0) is 34.0 Å². The van der Waals surface area contributed by atoms with E-state index in [9.17, 15) is 35.5 Å². The number of halogens is 7. The maximum absolute atomic E-state index is 13.3. The Morgan fingerprint density at radius 1 is 0.903 bits per heavy atom. The molecule has 0 aliphatic heterocycles. The van der Waals surface area contributed by atoms with Crippen molar-refractivity contribution in [2.24, 2.45) is 0 Å². The number of alkyl halides is 6. The van der Waals surface area contributed by atoms with Gasteiger partial charge in [-0.2, -0.15) is 26.3 Å². The Kier molecular flexibility index (Phi) is 7.66. The van der Waals surface area contributed by atoms with Crippen molar-refractivity contribution in [1.29, 1.82) is 0 Å². The topological polar surface area (TPSA) is 50.4 Å². The second-order valence-electron chi connectivity index (χ2n) is 6.79. The number of nitrogens with one attached hydrogen (secondary N) is 2. The van der Waals surface area contributed by atoms with Crippen LogP contribution < -0.4 is 10.6 Å². The Balaban J connectivity index is 2.30. The molecule has 0 saturated carbocycles. The number of benzene rings is 2. The molecule has 11 heteroatoms. The number of hydrogen-bond donors (Lipinski definition) is 2. The fourth-order valence-corrected chi connectivity index (χ4v) is 3.04. The minimum absolute atomic E-state index is 0.0290. The summed E-state index contributed by atoms with van der Waals surface area (Å²) in [7, 11) is 1.56. The number of rotatable bonds is 9. The fourth-order valence-electron chi connectivity index (χ4n) is 3.04. The molecule has 4 nitrogen and oxygen atoms in total. The van der Waals surface area contributed by atoms with Crippen LogP contribution in [-0.4, -0.2) is 26.6 Å². The predicted octanol–water partition coefficient (Wildman–Crippen LogP) is 4.24. The molecule has 0 aliphatic rings. The lowest BCUT2D eigenvalue weighted by molar-refractivity contribution is -0.143. The van der Waals surface area contributed by atoms with Gasteiger partial charge in [0.15, 0.2) is 0 Å². The van der Waals surface area contributed by atoms with Crippen molar-refractivity contribution >= 4 is 6.41 Å². The highest BCUT2D eigenvalue weighted by molar-refractivity contribution is 5.50. The molecule has 2 N–H and O–H groups in total. The summed E-state index contributed by atoms with van der Waals surface area (Å²) < 4.78 is 96.7. The third-order valence-corrected chi connectivity index (χ3v) is 4.48. The molecule has 1 amide bonds. The number of likely N-dealkylation sites (N-methyl/N-ethyl adjacent to an activating group) is 1. The molecular formula is C20H19F7N2O2. The standard InChI is InChI=1S/C20H19F7N2O2/c1-28-10-18(29-12-30,14-2-4-17(21)5-3-14)11-31-9-13-6-15(19(22,23)24)8-16(7-13)20(25,26)27/h2-8,12,28H,9-11H2,1H3,(H,29,30). The Hall–Kier alpha value is -2.66. The molecule has 0 fully saturated rings. The minimum atomic E-state index is -4.97. The van der Waals surface area contributed by atoms with Crippen LogP contribution >= 0.6 is 0 Å².